The third kappa shape index (κ3) is 7.30. The lowest BCUT2D eigenvalue weighted by Gasteiger charge is -2.19. The van der Waals surface area contributed by atoms with Crippen LogP contribution in [-0.2, 0) is 33.6 Å². The van der Waals surface area contributed by atoms with E-state index in [0.717, 1.165) is 55.7 Å². The maximum Gasteiger partial charge on any atom is 0.303 e. The summed E-state index contributed by atoms with van der Waals surface area (Å²) in [5.74, 6) is -0.587. The molecule has 2 aromatic rings. The summed E-state index contributed by atoms with van der Waals surface area (Å²) in [6.07, 6.45) is 4.98. The van der Waals surface area contributed by atoms with Gasteiger partial charge in [-0.1, -0.05) is 24.3 Å². The number of aromatic nitrogens is 1. The molecule has 0 saturated heterocycles. The fourth-order valence-electron chi connectivity index (χ4n) is 3.88. The highest BCUT2D eigenvalue weighted by Gasteiger charge is 2.23. The number of aliphatic carboxylic acids is 1. The minimum Gasteiger partial charge on any atom is -0.481 e. The standard InChI is InChI=1S/C25H32N4O4/c1-17(30)23(29-21-10-3-2-7-18(21)12-14-22(31)32)25(33)27-15-5-4-9-20-13-11-19-8-6-16-26-24(19)28-20/h2-3,7,10-11,13,23,29H,4-6,8-9,12,14-16H2,1H3,(H,26,28)(H,27,33)(H,31,32). The molecule has 1 aliphatic heterocycles. The average Bonchev–Trinajstić information content (AvgIpc) is 2.81. The smallest absolute Gasteiger partial charge is 0.303 e. The number of aryl methyl sites for hydroxylation is 3. The van der Waals surface area contributed by atoms with Crippen molar-refractivity contribution in [1.29, 1.82) is 0 Å². The molecule has 1 aromatic heterocycles. The summed E-state index contributed by atoms with van der Waals surface area (Å²) in [6.45, 7) is 2.80. The largest absolute Gasteiger partial charge is 0.481 e. The van der Waals surface area contributed by atoms with Gasteiger partial charge >= 0.3 is 5.97 Å². The second-order valence-electron chi connectivity index (χ2n) is 8.33. The van der Waals surface area contributed by atoms with Crippen molar-refractivity contribution in [3.05, 3.63) is 53.2 Å². The summed E-state index contributed by atoms with van der Waals surface area (Å²) in [7, 11) is 0. The Morgan fingerprint density at radius 3 is 2.73 bits per heavy atom. The SMILES string of the molecule is CC(=O)C(Nc1ccccc1CCC(=O)O)C(=O)NCCCCc1ccc2c(n1)NCCC2. The number of carboxylic acids is 1. The third-order valence-electron chi connectivity index (χ3n) is 5.70. The molecule has 4 N–H and O–H groups in total. The van der Waals surface area contributed by atoms with Gasteiger partial charge in [-0.3, -0.25) is 14.4 Å². The number of amides is 1. The van der Waals surface area contributed by atoms with Crippen molar-refractivity contribution in [2.75, 3.05) is 23.7 Å². The molecule has 0 saturated carbocycles. The molecule has 2 heterocycles. The minimum absolute atomic E-state index is 0.0230. The van der Waals surface area contributed by atoms with Gasteiger partial charge < -0.3 is 21.1 Å². The minimum atomic E-state index is -1.02. The van der Waals surface area contributed by atoms with Gasteiger partial charge in [-0.2, -0.15) is 0 Å². The normalized spacial score (nSPS) is 13.4. The Morgan fingerprint density at radius 1 is 1.12 bits per heavy atom. The Bertz CT molecular complexity index is 992. The Kier molecular flexibility index (Phi) is 8.80. The number of nitrogens with one attached hydrogen (secondary N) is 3. The maximum atomic E-state index is 12.7. The van der Waals surface area contributed by atoms with Gasteiger partial charge in [0.25, 0.3) is 0 Å². The first kappa shape index (κ1) is 24.2. The zero-order chi connectivity index (χ0) is 23.6. The van der Waals surface area contributed by atoms with Crippen molar-refractivity contribution in [2.45, 2.75) is 57.9 Å². The van der Waals surface area contributed by atoms with Crippen LogP contribution in [0.4, 0.5) is 11.5 Å². The van der Waals surface area contributed by atoms with Crippen LogP contribution in [0.2, 0.25) is 0 Å². The number of carboxylic acid groups (broad SMARTS) is 1. The van der Waals surface area contributed by atoms with Crippen molar-refractivity contribution in [3.63, 3.8) is 0 Å². The van der Waals surface area contributed by atoms with E-state index in [1.807, 2.05) is 0 Å². The molecule has 1 aliphatic rings. The maximum absolute atomic E-state index is 12.7. The van der Waals surface area contributed by atoms with E-state index >= 15 is 0 Å². The molecule has 0 bridgehead atoms. The van der Waals surface area contributed by atoms with Crippen LogP contribution in [0.25, 0.3) is 0 Å². The van der Waals surface area contributed by atoms with Gasteiger partial charge in [-0.15, -0.1) is 0 Å². The quantitative estimate of drug-likeness (QED) is 0.289. The third-order valence-corrected chi connectivity index (χ3v) is 5.70. The fourth-order valence-corrected chi connectivity index (χ4v) is 3.88. The van der Waals surface area contributed by atoms with Crippen LogP contribution in [0.1, 0.15) is 49.4 Å². The van der Waals surface area contributed by atoms with E-state index in [0.29, 0.717) is 18.7 Å². The summed E-state index contributed by atoms with van der Waals surface area (Å²) in [5.41, 5.74) is 3.66. The van der Waals surface area contributed by atoms with Crippen molar-refractivity contribution < 1.29 is 19.5 Å². The van der Waals surface area contributed by atoms with E-state index in [-0.39, 0.29) is 18.1 Å². The first-order valence-electron chi connectivity index (χ1n) is 11.5. The number of pyridine rings is 1. The molecule has 1 unspecified atom stereocenters. The Labute approximate surface area is 194 Å². The van der Waals surface area contributed by atoms with Gasteiger partial charge in [0.05, 0.1) is 0 Å². The van der Waals surface area contributed by atoms with Gasteiger partial charge in [0, 0.05) is 30.9 Å². The van der Waals surface area contributed by atoms with Gasteiger partial charge in [-0.25, -0.2) is 4.98 Å². The molecule has 8 nitrogen and oxygen atoms in total. The Morgan fingerprint density at radius 2 is 1.94 bits per heavy atom. The predicted octanol–water partition coefficient (Wildman–Crippen LogP) is 2.97. The van der Waals surface area contributed by atoms with Crippen LogP contribution in [0, 0.1) is 0 Å². The lowest BCUT2D eigenvalue weighted by molar-refractivity contribution is -0.137. The highest BCUT2D eigenvalue weighted by atomic mass is 16.4. The van der Waals surface area contributed by atoms with Crippen LogP contribution in [0.3, 0.4) is 0 Å². The molecule has 1 amide bonds. The molecular weight excluding hydrogens is 420 g/mol. The number of unbranched alkanes of at least 4 members (excludes halogenated alkanes) is 1. The van der Waals surface area contributed by atoms with E-state index < -0.39 is 12.0 Å². The molecule has 0 fully saturated rings. The number of hydrogen-bond acceptors (Lipinski definition) is 6. The summed E-state index contributed by atoms with van der Waals surface area (Å²) in [5, 5.41) is 18.1. The number of anilines is 2. The van der Waals surface area contributed by atoms with E-state index in [9.17, 15) is 14.4 Å². The molecule has 0 radical (unpaired) electrons. The second-order valence-corrected chi connectivity index (χ2v) is 8.33. The predicted molar refractivity (Wildman–Crippen MR) is 127 cm³/mol. The summed E-state index contributed by atoms with van der Waals surface area (Å²) >= 11 is 0. The Balaban J connectivity index is 1.47. The fraction of sp³-hybridized carbons (Fsp3) is 0.440. The first-order chi connectivity index (χ1) is 15.9. The van der Waals surface area contributed by atoms with Crippen LogP contribution >= 0.6 is 0 Å². The van der Waals surface area contributed by atoms with Crippen molar-refractivity contribution in [1.82, 2.24) is 10.3 Å². The molecule has 1 atom stereocenters. The average molecular weight is 453 g/mol. The molecule has 0 aliphatic carbocycles. The van der Waals surface area contributed by atoms with Gasteiger partial charge in [-0.05, 0) is 68.7 Å². The topological polar surface area (TPSA) is 120 Å². The van der Waals surface area contributed by atoms with Gasteiger partial charge in [0.2, 0.25) is 5.91 Å². The van der Waals surface area contributed by atoms with Gasteiger partial charge in [0.1, 0.15) is 5.82 Å². The monoisotopic (exact) mass is 452 g/mol. The lowest BCUT2D eigenvalue weighted by Crippen LogP contribution is -2.44. The molecule has 0 spiro atoms. The van der Waals surface area contributed by atoms with Crippen LogP contribution in [0.5, 0.6) is 0 Å². The highest BCUT2D eigenvalue weighted by molar-refractivity contribution is 6.06. The zero-order valence-electron chi connectivity index (χ0n) is 19.0. The van der Waals surface area contributed by atoms with Crippen LogP contribution < -0.4 is 16.0 Å². The summed E-state index contributed by atoms with van der Waals surface area (Å²) in [4.78, 5) is 40.4. The number of hydrogen-bond donors (Lipinski definition) is 4. The number of benzene rings is 1. The van der Waals surface area contributed by atoms with E-state index in [2.05, 4.69) is 33.1 Å². The number of nitrogens with zero attached hydrogens (tertiary/aromatic N) is 1. The molecular formula is C25H32N4O4. The number of carbonyl (C=O) groups is 3. The number of Topliss-reactive ketones (excluding diaryl/α,β-unsaturated/α-hetero) is 1. The molecule has 176 valence electrons. The number of fused-ring (bicyclic) bond motifs is 1. The Hall–Kier alpha value is -3.42. The zero-order valence-corrected chi connectivity index (χ0v) is 19.0. The number of rotatable bonds is 12. The van der Waals surface area contributed by atoms with E-state index in [1.165, 1.54) is 12.5 Å². The summed E-state index contributed by atoms with van der Waals surface area (Å²) < 4.78 is 0. The molecule has 1 aromatic carbocycles. The summed E-state index contributed by atoms with van der Waals surface area (Å²) in [6, 6.07) is 10.3. The van der Waals surface area contributed by atoms with Crippen molar-refractivity contribution in [3.8, 4) is 0 Å². The van der Waals surface area contributed by atoms with E-state index in [4.69, 9.17) is 5.11 Å². The molecule has 8 heteroatoms. The highest BCUT2D eigenvalue weighted by Crippen LogP contribution is 2.20. The van der Waals surface area contributed by atoms with Crippen molar-refractivity contribution in [2.24, 2.45) is 0 Å². The first-order valence-corrected chi connectivity index (χ1v) is 11.5. The number of para-hydroxylation sites is 1. The van der Waals surface area contributed by atoms with Gasteiger partial charge in [0.15, 0.2) is 11.8 Å². The molecule has 33 heavy (non-hydrogen) atoms. The second kappa shape index (κ2) is 12.0. The van der Waals surface area contributed by atoms with Crippen LogP contribution in [0.15, 0.2) is 36.4 Å². The number of ketones is 1. The molecule has 3 rings (SSSR count). The van der Waals surface area contributed by atoms with E-state index in [1.54, 1.807) is 24.3 Å². The lowest BCUT2D eigenvalue weighted by atomic mass is 10.1. The van der Waals surface area contributed by atoms with Crippen molar-refractivity contribution >= 4 is 29.2 Å². The number of carbonyl (C=O) groups excluding carboxylic acids is 2. The van der Waals surface area contributed by atoms with Crippen LogP contribution in [-0.4, -0.2) is 46.9 Å².